The van der Waals surface area contributed by atoms with E-state index >= 15 is 0 Å². The second kappa shape index (κ2) is 9.62. The predicted molar refractivity (Wildman–Crippen MR) is 107 cm³/mol. The molecule has 27 heavy (non-hydrogen) atoms. The molecule has 0 aliphatic heterocycles. The summed E-state index contributed by atoms with van der Waals surface area (Å²) < 4.78 is 11.9. The van der Waals surface area contributed by atoms with Gasteiger partial charge in [0.2, 0.25) is 5.79 Å². The Morgan fingerprint density at radius 1 is 0.667 bits per heavy atom. The summed E-state index contributed by atoms with van der Waals surface area (Å²) in [4.78, 5) is 12.0. The molecular weight excluding hydrogens is 336 g/mol. The predicted octanol–water partition coefficient (Wildman–Crippen LogP) is 5.03. The van der Waals surface area contributed by atoms with Crippen LogP contribution in [0.3, 0.4) is 0 Å². The number of ether oxygens (including phenoxy) is 2. The Labute approximate surface area is 159 Å². The van der Waals surface area contributed by atoms with E-state index in [-0.39, 0.29) is 13.2 Å². The van der Waals surface area contributed by atoms with E-state index in [1.165, 1.54) is 0 Å². The second-order valence-corrected chi connectivity index (χ2v) is 6.13. The zero-order valence-electron chi connectivity index (χ0n) is 15.0. The van der Waals surface area contributed by atoms with Crippen LogP contribution in [-0.4, -0.2) is 12.1 Å². The van der Waals surface area contributed by atoms with Gasteiger partial charge in [0.25, 0.3) is 0 Å². The van der Waals surface area contributed by atoms with Gasteiger partial charge in [0.05, 0.1) is 13.2 Å². The summed E-state index contributed by atoms with van der Waals surface area (Å²) in [6, 6.07) is 29.2. The molecule has 0 spiro atoms. The molecule has 0 radical (unpaired) electrons. The highest BCUT2D eigenvalue weighted by atomic mass is 16.7. The van der Waals surface area contributed by atoms with Crippen molar-refractivity contribution in [1.82, 2.24) is 0 Å². The normalized spacial score (nSPS) is 11.6. The number of carbonyl (C=O) groups excluding carboxylic acids is 1. The van der Waals surface area contributed by atoms with E-state index in [9.17, 15) is 4.79 Å². The van der Waals surface area contributed by atoms with E-state index in [4.69, 9.17) is 9.47 Å². The topological polar surface area (TPSA) is 35.5 Å². The first-order valence-electron chi connectivity index (χ1n) is 8.86. The minimum absolute atomic E-state index is 0.271. The van der Waals surface area contributed by atoms with Crippen molar-refractivity contribution >= 4 is 12.4 Å². The lowest BCUT2D eigenvalue weighted by atomic mass is 10.1. The Kier molecular flexibility index (Phi) is 6.69. The molecule has 3 aromatic rings. The first kappa shape index (κ1) is 18.8. The molecule has 0 saturated heterocycles. The molecule has 0 unspecified atom stereocenters. The Morgan fingerprint density at radius 2 is 1.11 bits per heavy atom. The molecule has 136 valence electrons. The summed E-state index contributed by atoms with van der Waals surface area (Å²) >= 11 is 0. The summed E-state index contributed by atoms with van der Waals surface area (Å²) in [6.45, 7) is 0.543. The number of aldehydes is 1. The average molecular weight is 358 g/mol. The van der Waals surface area contributed by atoms with Crippen LogP contribution in [0.2, 0.25) is 0 Å². The number of hydrogen-bond acceptors (Lipinski definition) is 3. The van der Waals surface area contributed by atoms with E-state index in [0.29, 0.717) is 6.29 Å². The van der Waals surface area contributed by atoms with Gasteiger partial charge in [-0.05, 0) is 22.8 Å². The summed E-state index contributed by atoms with van der Waals surface area (Å²) in [5, 5.41) is 0. The highest BCUT2D eigenvalue weighted by Gasteiger charge is 2.29. The third kappa shape index (κ3) is 5.74. The fourth-order valence-corrected chi connectivity index (χ4v) is 2.56. The fourth-order valence-electron chi connectivity index (χ4n) is 2.56. The van der Waals surface area contributed by atoms with Gasteiger partial charge in [0.1, 0.15) is 0 Å². The monoisotopic (exact) mass is 358 g/mol. The Balaban J connectivity index is 1.78. The summed E-state index contributed by atoms with van der Waals surface area (Å²) in [6.07, 6.45) is 4.21. The van der Waals surface area contributed by atoms with Crippen molar-refractivity contribution in [1.29, 1.82) is 0 Å². The molecule has 0 fully saturated rings. The van der Waals surface area contributed by atoms with Crippen LogP contribution in [0.25, 0.3) is 6.08 Å². The first-order valence-corrected chi connectivity index (χ1v) is 8.86. The molecule has 0 aromatic heterocycles. The molecule has 0 bridgehead atoms. The lowest BCUT2D eigenvalue weighted by Gasteiger charge is -2.25. The van der Waals surface area contributed by atoms with E-state index in [0.717, 1.165) is 16.7 Å². The van der Waals surface area contributed by atoms with Crippen molar-refractivity contribution in [3.8, 4) is 0 Å². The second-order valence-electron chi connectivity index (χ2n) is 6.13. The standard InChI is InChI=1S/C24H22O3/c25-20-24(17-16-21-10-4-1-5-11-21,26-18-22-12-6-2-7-13-22)27-19-23-14-8-3-9-15-23/h1-17,20H,18-19H2/b17-16+. The van der Waals surface area contributed by atoms with Crippen molar-refractivity contribution in [2.45, 2.75) is 19.0 Å². The van der Waals surface area contributed by atoms with Crippen molar-refractivity contribution in [2.75, 3.05) is 0 Å². The molecule has 0 aliphatic carbocycles. The molecule has 3 aromatic carbocycles. The lowest BCUT2D eigenvalue weighted by Crippen LogP contribution is -2.35. The quantitative estimate of drug-likeness (QED) is 0.398. The highest BCUT2D eigenvalue weighted by molar-refractivity contribution is 5.67. The number of rotatable bonds is 9. The Morgan fingerprint density at radius 3 is 1.56 bits per heavy atom. The summed E-state index contributed by atoms with van der Waals surface area (Å²) in [7, 11) is 0. The Bertz CT molecular complexity index is 799. The largest absolute Gasteiger partial charge is 0.336 e. The SMILES string of the molecule is O=CC(/C=C/c1ccccc1)(OCc1ccccc1)OCc1ccccc1. The maximum Gasteiger partial charge on any atom is 0.247 e. The molecule has 0 atom stereocenters. The first-order chi connectivity index (χ1) is 13.3. The smallest absolute Gasteiger partial charge is 0.247 e. The number of benzene rings is 3. The maximum atomic E-state index is 12.0. The third-order valence-electron chi connectivity index (χ3n) is 4.09. The van der Waals surface area contributed by atoms with Gasteiger partial charge >= 0.3 is 0 Å². The van der Waals surface area contributed by atoms with Crippen molar-refractivity contribution < 1.29 is 14.3 Å². The van der Waals surface area contributed by atoms with Crippen molar-refractivity contribution in [3.05, 3.63) is 114 Å². The molecule has 0 heterocycles. The molecule has 3 rings (SSSR count). The Hall–Kier alpha value is -3.01. The van der Waals surface area contributed by atoms with Crippen LogP contribution in [0.5, 0.6) is 0 Å². The van der Waals surface area contributed by atoms with E-state index in [2.05, 4.69) is 0 Å². The summed E-state index contributed by atoms with van der Waals surface area (Å²) in [5.74, 6) is -1.46. The van der Waals surface area contributed by atoms with Crippen LogP contribution in [0.1, 0.15) is 16.7 Å². The van der Waals surface area contributed by atoms with E-state index in [1.807, 2.05) is 97.1 Å². The van der Waals surface area contributed by atoms with Gasteiger partial charge in [-0.15, -0.1) is 0 Å². The van der Waals surface area contributed by atoms with Gasteiger partial charge in [-0.3, -0.25) is 4.79 Å². The fraction of sp³-hybridized carbons (Fsp3) is 0.125. The van der Waals surface area contributed by atoms with E-state index in [1.54, 1.807) is 6.08 Å². The number of carbonyl (C=O) groups is 1. The van der Waals surface area contributed by atoms with Crippen LogP contribution in [0.4, 0.5) is 0 Å². The average Bonchev–Trinajstić information content (AvgIpc) is 2.76. The van der Waals surface area contributed by atoms with Gasteiger partial charge in [-0.1, -0.05) is 97.1 Å². The molecule has 0 amide bonds. The van der Waals surface area contributed by atoms with Crippen molar-refractivity contribution in [2.24, 2.45) is 0 Å². The molecule has 3 nitrogen and oxygen atoms in total. The zero-order valence-corrected chi connectivity index (χ0v) is 15.0. The molecular formula is C24H22O3. The minimum atomic E-state index is -1.46. The van der Waals surface area contributed by atoms with Gasteiger partial charge in [-0.25, -0.2) is 0 Å². The molecule has 0 aliphatic rings. The van der Waals surface area contributed by atoms with Gasteiger partial charge in [0, 0.05) is 0 Å². The highest BCUT2D eigenvalue weighted by Crippen LogP contribution is 2.20. The maximum absolute atomic E-state index is 12.0. The summed E-state index contributed by atoms with van der Waals surface area (Å²) in [5.41, 5.74) is 2.91. The molecule has 0 N–H and O–H groups in total. The molecule has 0 saturated carbocycles. The zero-order chi connectivity index (χ0) is 18.8. The van der Waals surface area contributed by atoms with Crippen LogP contribution in [0.15, 0.2) is 97.1 Å². The van der Waals surface area contributed by atoms with Gasteiger partial charge in [0.15, 0.2) is 6.29 Å². The minimum Gasteiger partial charge on any atom is -0.336 e. The van der Waals surface area contributed by atoms with Crippen molar-refractivity contribution in [3.63, 3.8) is 0 Å². The third-order valence-corrected chi connectivity index (χ3v) is 4.09. The van der Waals surface area contributed by atoms with Crippen LogP contribution >= 0.6 is 0 Å². The van der Waals surface area contributed by atoms with Gasteiger partial charge in [-0.2, -0.15) is 0 Å². The molecule has 3 heteroatoms. The number of hydrogen-bond donors (Lipinski definition) is 0. The van der Waals surface area contributed by atoms with Crippen LogP contribution in [0, 0.1) is 0 Å². The van der Waals surface area contributed by atoms with E-state index < -0.39 is 5.79 Å². The van der Waals surface area contributed by atoms with Gasteiger partial charge < -0.3 is 9.47 Å². The van der Waals surface area contributed by atoms with Crippen LogP contribution in [-0.2, 0) is 27.5 Å². The van der Waals surface area contributed by atoms with Crippen LogP contribution < -0.4 is 0 Å². The lowest BCUT2D eigenvalue weighted by molar-refractivity contribution is -0.204.